The first kappa shape index (κ1) is 21.7. The molecule has 1 aliphatic heterocycles. The van der Waals surface area contributed by atoms with Crippen LogP contribution in [0, 0.1) is 0 Å². The first-order valence-electron chi connectivity index (χ1n) is 10.9. The van der Waals surface area contributed by atoms with E-state index in [2.05, 4.69) is 35.1 Å². The van der Waals surface area contributed by atoms with Gasteiger partial charge in [-0.2, -0.15) is 0 Å². The van der Waals surface area contributed by atoms with Crippen molar-refractivity contribution in [3.63, 3.8) is 0 Å². The van der Waals surface area contributed by atoms with E-state index in [0.29, 0.717) is 0 Å². The zero-order valence-electron chi connectivity index (χ0n) is 18.3. The van der Waals surface area contributed by atoms with Gasteiger partial charge in [-0.1, -0.05) is 29.8 Å². The summed E-state index contributed by atoms with van der Waals surface area (Å²) in [6, 6.07) is 14.1. The number of pyridine rings is 1. The van der Waals surface area contributed by atoms with E-state index in [1.165, 1.54) is 5.57 Å². The second-order valence-corrected chi connectivity index (χ2v) is 9.33. The van der Waals surface area contributed by atoms with E-state index >= 15 is 0 Å². The predicted octanol–water partition coefficient (Wildman–Crippen LogP) is 4.79. The molecule has 6 heteroatoms. The number of allylic oxidation sites excluding steroid dienone is 1. The number of carbonyl (C=O) groups excluding carboxylic acids is 1. The third-order valence-electron chi connectivity index (χ3n) is 5.60. The van der Waals surface area contributed by atoms with Crippen LogP contribution >= 0.6 is 11.8 Å². The maximum atomic E-state index is 13.0. The number of carbonyl (C=O) groups is 1. The molecule has 0 bridgehead atoms. The number of hydrogen-bond acceptors (Lipinski definition) is 4. The van der Waals surface area contributed by atoms with Gasteiger partial charge >= 0.3 is 0 Å². The van der Waals surface area contributed by atoms with Crippen LogP contribution in [0.3, 0.4) is 0 Å². The minimum atomic E-state index is 0.0286. The van der Waals surface area contributed by atoms with Crippen molar-refractivity contribution < 1.29 is 4.79 Å². The first-order chi connectivity index (χ1) is 15.1. The SMILES string of the molecule is CC(C)=CCN1CCC(NC(=O)c2ccccc2SCc2cn3ccccc3n2)CC1. The summed E-state index contributed by atoms with van der Waals surface area (Å²) in [6.07, 6.45) is 8.32. The van der Waals surface area contributed by atoms with Crippen LogP contribution in [0.15, 0.2) is 71.4 Å². The Kier molecular flexibility index (Phi) is 7.10. The van der Waals surface area contributed by atoms with Crippen LogP contribution < -0.4 is 5.32 Å². The largest absolute Gasteiger partial charge is 0.349 e. The van der Waals surface area contributed by atoms with Gasteiger partial charge in [-0.15, -0.1) is 11.8 Å². The van der Waals surface area contributed by atoms with Crippen LogP contribution in [0.5, 0.6) is 0 Å². The molecule has 4 rings (SSSR count). The average Bonchev–Trinajstić information content (AvgIpc) is 3.20. The minimum absolute atomic E-state index is 0.0286. The predicted molar refractivity (Wildman–Crippen MR) is 128 cm³/mol. The Morgan fingerprint density at radius 2 is 1.94 bits per heavy atom. The molecule has 2 aromatic heterocycles. The van der Waals surface area contributed by atoms with Crippen molar-refractivity contribution in [2.24, 2.45) is 0 Å². The fourth-order valence-electron chi connectivity index (χ4n) is 3.82. The highest BCUT2D eigenvalue weighted by atomic mass is 32.2. The van der Waals surface area contributed by atoms with Crippen molar-refractivity contribution in [1.82, 2.24) is 19.6 Å². The molecule has 0 atom stereocenters. The molecule has 1 saturated heterocycles. The number of likely N-dealkylation sites (tertiary alicyclic amines) is 1. The number of aromatic nitrogens is 2. The Morgan fingerprint density at radius 1 is 1.16 bits per heavy atom. The molecule has 5 nitrogen and oxygen atoms in total. The molecule has 0 unspecified atom stereocenters. The van der Waals surface area contributed by atoms with Gasteiger partial charge < -0.3 is 9.72 Å². The summed E-state index contributed by atoms with van der Waals surface area (Å²) in [4.78, 5) is 21.1. The molecule has 3 heterocycles. The number of rotatable bonds is 7. The summed E-state index contributed by atoms with van der Waals surface area (Å²) >= 11 is 1.66. The van der Waals surface area contributed by atoms with Gasteiger partial charge in [-0.25, -0.2) is 4.98 Å². The van der Waals surface area contributed by atoms with Crippen LogP contribution in [0.2, 0.25) is 0 Å². The lowest BCUT2D eigenvalue weighted by Gasteiger charge is -2.31. The van der Waals surface area contributed by atoms with Crippen molar-refractivity contribution >= 4 is 23.3 Å². The van der Waals surface area contributed by atoms with E-state index in [4.69, 9.17) is 0 Å². The van der Waals surface area contributed by atoms with E-state index in [9.17, 15) is 4.79 Å². The fourth-order valence-corrected chi connectivity index (χ4v) is 4.76. The molecule has 162 valence electrons. The van der Waals surface area contributed by atoms with Crippen LogP contribution in [-0.4, -0.2) is 45.9 Å². The summed E-state index contributed by atoms with van der Waals surface area (Å²) in [5.41, 5.74) is 4.06. The number of amides is 1. The monoisotopic (exact) mass is 434 g/mol. The molecule has 1 fully saturated rings. The maximum absolute atomic E-state index is 13.0. The number of benzene rings is 1. The zero-order chi connectivity index (χ0) is 21.6. The Hall–Kier alpha value is -2.57. The topological polar surface area (TPSA) is 49.6 Å². The third kappa shape index (κ3) is 5.77. The highest BCUT2D eigenvalue weighted by Crippen LogP contribution is 2.26. The van der Waals surface area contributed by atoms with Gasteiger partial charge in [0.2, 0.25) is 0 Å². The Labute approximate surface area is 188 Å². The highest BCUT2D eigenvalue weighted by Gasteiger charge is 2.21. The molecule has 1 N–H and O–H groups in total. The van der Waals surface area contributed by atoms with Crippen molar-refractivity contribution in [3.8, 4) is 0 Å². The van der Waals surface area contributed by atoms with E-state index < -0.39 is 0 Å². The Bertz CT molecular complexity index is 1030. The zero-order valence-corrected chi connectivity index (χ0v) is 19.1. The number of imidazole rings is 1. The second kappa shape index (κ2) is 10.2. The second-order valence-electron chi connectivity index (χ2n) is 8.31. The van der Waals surface area contributed by atoms with Gasteiger partial charge in [0.25, 0.3) is 5.91 Å². The molecule has 0 saturated carbocycles. The van der Waals surface area contributed by atoms with Crippen LogP contribution in [-0.2, 0) is 5.75 Å². The molecule has 0 aliphatic carbocycles. The molecule has 0 spiro atoms. The number of fused-ring (bicyclic) bond motifs is 1. The smallest absolute Gasteiger partial charge is 0.252 e. The first-order valence-corrected chi connectivity index (χ1v) is 11.9. The number of nitrogens with zero attached hydrogens (tertiary/aromatic N) is 3. The summed E-state index contributed by atoms with van der Waals surface area (Å²) in [5.74, 6) is 0.759. The average molecular weight is 435 g/mol. The highest BCUT2D eigenvalue weighted by molar-refractivity contribution is 7.98. The lowest BCUT2D eigenvalue weighted by molar-refractivity contribution is 0.0911. The van der Waals surface area contributed by atoms with E-state index in [1.807, 2.05) is 59.3 Å². The van der Waals surface area contributed by atoms with Gasteiger partial charge in [-0.3, -0.25) is 9.69 Å². The standard InChI is InChI=1S/C25H30N4OS/c1-19(2)10-14-28-15-11-20(12-16-28)27-25(30)22-7-3-4-8-23(22)31-18-21-17-29-13-6-5-9-24(29)26-21/h3-10,13,17,20H,11-12,14-16,18H2,1-2H3,(H,27,30). The molecule has 1 amide bonds. The quantitative estimate of drug-likeness (QED) is 0.429. The Balaban J connectivity index is 1.34. The Morgan fingerprint density at radius 3 is 2.71 bits per heavy atom. The van der Waals surface area contributed by atoms with Gasteiger partial charge in [0.15, 0.2) is 0 Å². The number of thioether (sulfide) groups is 1. The van der Waals surface area contributed by atoms with Crippen molar-refractivity contribution in [2.45, 2.75) is 43.4 Å². The summed E-state index contributed by atoms with van der Waals surface area (Å²) in [5, 5.41) is 3.27. The normalized spacial score (nSPS) is 15.2. The van der Waals surface area contributed by atoms with Crippen molar-refractivity contribution in [2.75, 3.05) is 19.6 Å². The molecule has 1 aliphatic rings. The minimum Gasteiger partial charge on any atom is -0.349 e. The van der Waals surface area contributed by atoms with Gasteiger partial charge in [0.1, 0.15) is 5.65 Å². The van der Waals surface area contributed by atoms with Crippen LogP contribution in [0.1, 0.15) is 42.7 Å². The van der Waals surface area contributed by atoms with Crippen molar-refractivity contribution in [1.29, 1.82) is 0 Å². The molecular weight excluding hydrogens is 404 g/mol. The molecule has 0 radical (unpaired) electrons. The van der Waals surface area contributed by atoms with E-state index in [-0.39, 0.29) is 11.9 Å². The lowest BCUT2D eigenvalue weighted by Crippen LogP contribution is -2.44. The van der Waals surface area contributed by atoms with Crippen LogP contribution in [0.25, 0.3) is 5.65 Å². The van der Waals surface area contributed by atoms with Crippen LogP contribution in [0.4, 0.5) is 0 Å². The molecule has 31 heavy (non-hydrogen) atoms. The lowest BCUT2D eigenvalue weighted by atomic mass is 10.0. The summed E-state index contributed by atoms with van der Waals surface area (Å²) in [7, 11) is 0. The molecule has 1 aromatic carbocycles. The number of nitrogens with one attached hydrogen (secondary N) is 1. The van der Waals surface area contributed by atoms with Gasteiger partial charge in [0, 0.05) is 48.7 Å². The van der Waals surface area contributed by atoms with E-state index in [1.54, 1.807) is 11.8 Å². The van der Waals surface area contributed by atoms with Gasteiger partial charge in [-0.05, 0) is 51.0 Å². The molecular formula is C25H30N4OS. The third-order valence-corrected chi connectivity index (χ3v) is 6.71. The van der Waals surface area contributed by atoms with Crippen molar-refractivity contribution in [3.05, 3.63) is 77.8 Å². The molecule has 3 aromatic rings. The maximum Gasteiger partial charge on any atom is 0.252 e. The fraction of sp³-hybridized carbons (Fsp3) is 0.360. The summed E-state index contributed by atoms with van der Waals surface area (Å²) < 4.78 is 2.03. The number of piperidine rings is 1. The van der Waals surface area contributed by atoms with E-state index in [0.717, 1.165) is 60.0 Å². The number of hydrogen-bond donors (Lipinski definition) is 1. The summed E-state index contributed by atoms with van der Waals surface area (Å²) in [6.45, 7) is 7.33. The van der Waals surface area contributed by atoms with Gasteiger partial charge in [0.05, 0.1) is 11.3 Å².